The summed E-state index contributed by atoms with van der Waals surface area (Å²) in [6.45, 7) is 1.81. The highest BCUT2D eigenvalue weighted by Crippen LogP contribution is 2.27. The van der Waals surface area contributed by atoms with Crippen LogP contribution in [0.3, 0.4) is 0 Å². The first-order valence-corrected chi connectivity index (χ1v) is 16.1. The van der Waals surface area contributed by atoms with Crippen molar-refractivity contribution in [3.8, 4) is 23.0 Å². The second-order valence-corrected chi connectivity index (χ2v) is 12.6. The van der Waals surface area contributed by atoms with Crippen LogP contribution in [0.25, 0.3) is 32.9 Å². The van der Waals surface area contributed by atoms with Crippen molar-refractivity contribution in [3.05, 3.63) is 72.1 Å². The Labute approximate surface area is 267 Å². The van der Waals surface area contributed by atoms with Gasteiger partial charge < -0.3 is 30.1 Å². The summed E-state index contributed by atoms with van der Waals surface area (Å²) < 4.78 is 9.04. The van der Waals surface area contributed by atoms with Crippen molar-refractivity contribution in [2.75, 3.05) is 20.8 Å². The second kappa shape index (κ2) is 14.8. The number of amides is 2. The SMILES string of the molecule is COC(=O)NCCC(=O)Pc1nc2ccc(-c3ccc4cc(C#Cc5cnc(PC(=O)C(C)NC(=O)OC)[nH]5)ccc4c3)cc2[nH]1. The molecule has 5 rings (SSSR count). The molecule has 2 aromatic heterocycles. The standard InChI is InChI=1S/C32H30N6O6P2/c1-18(35-32(42)44-3)28(40)46-29-34-17-24(36-29)10-5-19-4-6-21-15-22(8-7-20(21)14-19)23-9-11-25-26(16-23)38-30(37-25)45-27(39)12-13-33-31(41)43-2/h4,6-9,11,14-18,45-46H,12-13H2,1-3H3,(H,33,41)(H,34,36)(H,35,42)(H,37,38). The van der Waals surface area contributed by atoms with Gasteiger partial charge in [0.05, 0.1) is 37.5 Å². The van der Waals surface area contributed by atoms with E-state index in [2.05, 4.69) is 58.0 Å². The molecule has 0 aliphatic carbocycles. The Morgan fingerprint density at radius 2 is 1.61 bits per heavy atom. The average molecular weight is 657 g/mol. The topological polar surface area (TPSA) is 168 Å². The number of hydrogen-bond donors (Lipinski definition) is 4. The van der Waals surface area contributed by atoms with Crippen molar-refractivity contribution < 1.29 is 28.7 Å². The van der Waals surface area contributed by atoms with E-state index in [0.717, 1.165) is 38.5 Å². The summed E-state index contributed by atoms with van der Waals surface area (Å²) in [6, 6.07) is 17.4. The number of nitrogens with one attached hydrogen (secondary N) is 4. The van der Waals surface area contributed by atoms with Crippen molar-refractivity contribution in [2.24, 2.45) is 0 Å². The van der Waals surface area contributed by atoms with E-state index in [1.807, 2.05) is 48.5 Å². The van der Waals surface area contributed by atoms with E-state index in [1.165, 1.54) is 14.2 Å². The lowest BCUT2D eigenvalue weighted by molar-refractivity contribution is -0.112. The number of alkyl carbamates (subject to hydrolysis) is 2. The lowest BCUT2D eigenvalue weighted by atomic mass is 9.99. The molecule has 12 nitrogen and oxygen atoms in total. The van der Waals surface area contributed by atoms with Gasteiger partial charge in [-0.1, -0.05) is 30.2 Å². The molecule has 3 atom stereocenters. The van der Waals surface area contributed by atoms with Crippen LogP contribution in [0.5, 0.6) is 0 Å². The highest BCUT2D eigenvalue weighted by Gasteiger charge is 2.17. The van der Waals surface area contributed by atoms with E-state index in [0.29, 0.717) is 16.8 Å². The zero-order valence-corrected chi connectivity index (χ0v) is 27.1. The third kappa shape index (κ3) is 8.33. The molecule has 0 bridgehead atoms. The van der Waals surface area contributed by atoms with Gasteiger partial charge in [0.15, 0.2) is 11.0 Å². The molecule has 0 radical (unpaired) electrons. The van der Waals surface area contributed by atoms with Gasteiger partial charge in [0.2, 0.25) is 0 Å². The predicted molar refractivity (Wildman–Crippen MR) is 180 cm³/mol. The Balaban J connectivity index is 1.23. The molecule has 2 amide bonds. The molecule has 0 aliphatic heterocycles. The van der Waals surface area contributed by atoms with Crippen LogP contribution >= 0.6 is 17.2 Å². The molecule has 5 aromatic rings. The van der Waals surface area contributed by atoms with E-state index in [-0.39, 0.29) is 41.2 Å². The summed E-state index contributed by atoms with van der Waals surface area (Å²) in [5, 5.41) is 7.05. The molecule has 0 spiro atoms. The van der Waals surface area contributed by atoms with Crippen LogP contribution in [0.4, 0.5) is 9.59 Å². The molecule has 14 heteroatoms. The molecule has 0 aliphatic rings. The summed E-state index contributed by atoms with van der Waals surface area (Å²) in [7, 11) is 2.12. The largest absolute Gasteiger partial charge is 0.453 e. The molecule has 3 unspecified atom stereocenters. The normalized spacial score (nSPS) is 11.9. The van der Waals surface area contributed by atoms with Crippen molar-refractivity contribution >= 4 is 73.3 Å². The van der Waals surface area contributed by atoms with Gasteiger partial charge in [-0.2, -0.15) is 0 Å². The zero-order valence-electron chi connectivity index (χ0n) is 25.1. The number of imidazole rings is 2. The molecular formula is C32H30N6O6P2. The number of methoxy groups -OCH3 is 2. The number of ether oxygens (including phenoxy) is 2. The number of carbonyl (C=O) groups is 4. The maximum absolute atomic E-state index is 12.4. The smallest absolute Gasteiger partial charge is 0.407 e. The van der Waals surface area contributed by atoms with Gasteiger partial charge in [0.1, 0.15) is 16.8 Å². The molecule has 46 heavy (non-hydrogen) atoms. The predicted octanol–water partition coefficient (Wildman–Crippen LogP) is 3.66. The van der Waals surface area contributed by atoms with Gasteiger partial charge in [-0.3, -0.25) is 9.59 Å². The molecule has 0 saturated carbocycles. The van der Waals surface area contributed by atoms with Gasteiger partial charge in [-0.05, 0) is 65.1 Å². The van der Waals surface area contributed by atoms with Crippen LogP contribution in [0.2, 0.25) is 0 Å². The zero-order chi connectivity index (χ0) is 32.6. The third-order valence-corrected chi connectivity index (χ3v) is 8.96. The van der Waals surface area contributed by atoms with E-state index in [4.69, 9.17) is 0 Å². The first-order chi connectivity index (χ1) is 22.2. The van der Waals surface area contributed by atoms with Crippen molar-refractivity contribution in [1.29, 1.82) is 0 Å². The Kier molecular flexibility index (Phi) is 10.4. The van der Waals surface area contributed by atoms with Gasteiger partial charge in [0.25, 0.3) is 0 Å². The lowest BCUT2D eigenvalue weighted by Gasteiger charge is -2.10. The van der Waals surface area contributed by atoms with Crippen LogP contribution in [0.1, 0.15) is 24.6 Å². The highest BCUT2D eigenvalue weighted by molar-refractivity contribution is 7.65. The third-order valence-electron chi connectivity index (χ3n) is 6.79. The number of benzene rings is 3. The Bertz CT molecular complexity index is 2010. The number of aromatic amines is 2. The second-order valence-electron chi connectivity index (χ2n) is 10.1. The van der Waals surface area contributed by atoms with E-state index >= 15 is 0 Å². The monoisotopic (exact) mass is 656 g/mol. The molecule has 0 saturated heterocycles. The summed E-state index contributed by atoms with van der Waals surface area (Å²) in [5.41, 5.74) is 5.96. The van der Waals surface area contributed by atoms with Crippen LogP contribution in [0, 0.1) is 11.8 Å². The molecule has 2 heterocycles. The van der Waals surface area contributed by atoms with Gasteiger partial charge >= 0.3 is 12.2 Å². The fourth-order valence-corrected chi connectivity index (χ4v) is 6.15. The minimum Gasteiger partial charge on any atom is -0.453 e. The first kappa shape index (κ1) is 32.3. The Morgan fingerprint density at radius 1 is 0.870 bits per heavy atom. The average Bonchev–Trinajstić information content (AvgIpc) is 3.68. The van der Waals surface area contributed by atoms with Crippen LogP contribution < -0.4 is 21.8 Å². The number of aromatic nitrogens is 4. The molecule has 3 aromatic carbocycles. The molecule has 4 N–H and O–H groups in total. The summed E-state index contributed by atoms with van der Waals surface area (Å²) in [5.74, 6) is 6.20. The maximum Gasteiger partial charge on any atom is 0.407 e. The number of fused-ring (bicyclic) bond motifs is 2. The van der Waals surface area contributed by atoms with Gasteiger partial charge in [-0.15, -0.1) is 0 Å². The van der Waals surface area contributed by atoms with Crippen LogP contribution in [0.15, 0.2) is 60.8 Å². The van der Waals surface area contributed by atoms with Crippen molar-refractivity contribution in [3.63, 3.8) is 0 Å². The Hall–Kier alpha value is -5.10. The fourth-order valence-electron chi connectivity index (χ4n) is 4.41. The molecule has 0 fully saturated rings. The van der Waals surface area contributed by atoms with Crippen molar-refractivity contribution in [1.82, 2.24) is 30.6 Å². The number of H-pyrrole nitrogens is 2. The first-order valence-electron chi connectivity index (χ1n) is 14.1. The van der Waals surface area contributed by atoms with E-state index < -0.39 is 18.2 Å². The Morgan fingerprint density at radius 3 is 2.41 bits per heavy atom. The van der Waals surface area contributed by atoms with E-state index in [1.54, 1.807) is 13.1 Å². The number of carbonyl (C=O) groups excluding carboxylic acids is 4. The molecule has 234 valence electrons. The fraction of sp³-hybridized carbons (Fsp3) is 0.188. The lowest BCUT2D eigenvalue weighted by Crippen LogP contribution is -2.37. The summed E-state index contributed by atoms with van der Waals surface area (Å²) in [4.78, 5) is 62.3. The van der Waals surface area contributed by atoms with Gasteiger partial charge in [-0.25, -0.2) is 19.6 Å². The van der Waals surface area contributed by atoms with Crippen LogP contribution in [-0.2, 0) is 19.1 Å². The van der Waals surface area contributed by atoms with Crippen LogP contribution in [-0.4, -0.2) is 70.0 Å². The molecular weight excluding hydrogens is 626 g/mol. The number of nitrogens with zero attached hydrogens (tertiary/aromatic N) is 2. The summed E-state index contributed by atoms with van der Waals surface area (Å²) in [6.07, 6.45) is 0.554. The quantitative estimate of drug-likeness (QED) is 0.131. The minimum atomic E-state index is -0.692. The van der Waals surface area contributed by atoms with Crippen molar-refractivity contribution in [2.45, 2.75) is 19.4 Å². The maximum atomic E-state index is 12.4. The summed E-state index contributed by atoms with van der Waals surface area (Å²) >= 11 is 0. The number of rotatable bonds is 10. The van der Waals surface area contributed by atoms with Gasteiger partial charge in [0, 0.05) is 35.7 Å². The van der Waals surface area contributed by atoms with E-state index in [9.17, 15) is 19.2 Å². The minimum absolute atomic E-state index is 0.0167. The highest BCUT2D eigenvalue weighted by atomic mass is 31.1. The number of hydrogen-bond acceptors (Lipinski definition) is 8.